The normalized spacial score (nSPS) is 38.4. The van der Waals surface area contributed by atoms with E-state index in [4.69, 9.17) is 4.74 Å². The van der Waals surface area contributed by atoms with Crippen LogP contribution in [-0.4, -0.2) is 30.7 Å². The van der Waals surface area contributed by atoms with Crippen LogP contribution in [0.15, 0.2) is 12.3 Å². The number of rotatable bonds is 1. The highest BCUT2D eigenvalue weighted by molar-refractivity contribution is 5.05. The summed E-state index contributed by atoms with van der Waals surface area (Å²) in [5, 5.41) is 0. The molecule has 1 saturated heterocycles. The average molecular weight is 167 g/mol. The molecule has 0 N–H and O–H groups in total. The van der Waals surface area contributed by atoms with Gasteiger partial charge in [0, 0.05) is 12.5 Å². The first-order chi connectivity index (χ1) is 5.61. The fourth-order valence-electron chi connectivity index (χ4n) is 2.13. The molecule has 2 unspecified atom stereocenters. The quantitative estimate of drug-likeness (QED) is 0.588. The first kappa shape index (κ1) is 8.11. The van der Waals surface area contributed by atoms with Crippen molar-refractivity contribution in [1.82, 2.24) is 4.90 Å². The molecule has 12 heavy (non-hydrogen) atoms. The van der Waals surface area contributed by atoms with Crippen LogP contribution >= 0.6 is 0 Å². The fourth-order valence-corrected chi connectivity index (χ4v) is 2.13. The van der Waals surface area contributed by atoms with Crippen LogP contribution in [0.3, 0.4) is 0 Å². The molecule has 0 bridgehead atoms. The molecule has 0 aliphatic carbocycles. The van der Waals surface area contributed by atoms with Crippen LogP contribution in [0.25, 0.3) is 0 Å². The summed E-state index contributed by atoms with van der Waals surface area (Å²) >= 11 is 0. The molecule has 0 spiro atoms. The maximum atomic E-state index is 5.62. The third-order valence-electron chi connectivity index (χ3n) is 3.00. The summed E-state index contributed by atoms with van der Waals surface area (Å²) < 4.78 is 5.62. The van der Waals surface area contributed by atoms with Crippen molar-refractivity contribution in [3.8, 4) is 0 Å². The second kappa shape index (κ2) is 2.49. The molecular weight excluding hydrogens is 150 g/mol. The average Bonchev–Trinajstić information content (AvgIpc) is 2.35. The highest BCUT2D eigenvalue weighted by atomic mass is 16.5. The molecule has 0 aromatic heterocycles. The SMILES string of the molecule is CN1C=CCC1C1OCC1(C)C. The van der Waals surface area contributed by atoms with Crippen LogP contribution in [-0.2, 0) is 4.74 Å². The van der Waals surface area contributed by atoms with Gasteiger partial charge in [-0.2, -0.15) is 0 Å². The Balaban J connectivity index is 2.02. The lowest BCUT2D eigenvalue weighted by molar-refractivity contribution is -0.190. The van der Waals surface area contributed by atoms with Gasteiger partial charge in [0.15, 0.2) is 0 Å². The zero-order valence-corrected chi connectivity index (χ0v) is 8.08. The summed E-state index contributed by atoms with van der Waals surface area (Å²) in [6, 6.07) is 0.578. The molecule has 0 aromatic rings. The van der Waals surface area contributed by atoms with Crippen molar-refractivity contribution in [3.05, 3.63) is 12.3 Å². The van der Waals surface area contributed by atoms with E-state index in [2.05, 4.69) is 38.1 Å². The molecule has 2 rings (SSSR count). The van der Waals surface area contributed by atoms with Gasteiger partial charge in [-0.15, -0.1) is 0 Å². The van der Waals surface area contributed by atoms with E-state index in [-0.39, 0.29) is 0 Å². The molecule has 0 radical (unpaired) electrons. The molecule has 2 nitrogen and oxygen atoms in total. The minimum absolute atomic E-state index is 0.380. The van der Waals surface area contributed by atoms with Crippen LogP contribution in [0.1, 0.15) is 20.3 Å². The summed E-state index contributed by atoms with van der Waals surface area (Å²) in [6.07, 6.45) is 5.95. The molecule has 0 aromatic carbocycles. The zero-order valence-electron chi connectivity index (χ0n) is 8.08. The first-order valence-corrected chi connectivity index (χ1v) is 4.61. The van der Waals surface area contributed by atoms with E-state index < -0.39 is 0 Å². The van der Waals surface area contributed by atoms with E-state index in [0.717, 1.165) is 13.0 Å². The summed E-state index contributed by atoms with van der Waals surface area (Å²) in [5.74, 6) is 0. The molecule has 2 heteroatoms. The molecule has 1 fully saturated rings. The van der Waals surface area contributed by atoms with E-state index in [0.29, 0.717) is 17.6 Å². The molecular formula is C10H17NO. The molecule has 2 aliphatic heterocycles. The van der Waals surface area contributed by atoms with Crippen LogP contribution in [0.5, 0.6) is 0 Å². The van der Waals surface area contributed by atoms with Crippen molar-refractivity contribution in [2.45, 2.75) is 32.4 Å². The van der Waals surface area contributed by atoms with Gasteiger partial charge in [0.2, 0.25) is 0 Å². The summed E-state index contributed by atoms with van der Waals surface area (Å²) in [6.45, 7) is 5.49. The van der Waals surface area contributed by atoms with Crippen LogP contribution in [0.4, 0.5) is 0 Å². The van der Waals surface area contributed by atoms with Crippen molar-refractivity contribution in [3.63, 3.8) is 0 Å². The highest BCUT2D eigenvalue weighted by Crippen LogP contribution is 2.39. The second-order valence-corrected chi connectivity index (χ2v) is 4.57. The minimum atomic E-state index is 0.380. The monoisotopic (exact) mass is 167 g/mol. The van der Waals surface area contributed by atoms with Crippen molar-refractivity contribution >= 4 is 0 Å². The number of hydrogen-bond acceptors (Lipinski definition) is 2. The van der Waals surface area contributed by atoms with Gasteiger partial charge in [0.25, 0.3) is 0 Å². The third kappa shape index (κ3) is 1.06. The summed E-state index contributed by atoms with van der Waals surface area (Å²) in [5.41, 5.74) is 0.380. The van der Waals surface area contributed by atoms with Gasteiger partial charge < -0.3 is 9.64 Å². The Labute approximate surface area is 74.2 Å². The smallest absolute Gasteiger partial charge is 0.0853 e. The number of hydrogen-bond donors (Lipinski definition) is 0. The van der Waals surface area contributed by atoms with Crippen LogP contribution in [0.2, 0.25) is 0 Å². The Morgan fingerprint density at radius 3 is 2.58 bits per heavy atom. The van der Waals surface area contributed by atoms with Gasteiger partial charge in [-0.05, 0) is 12.6 Å². The van der Waals surface area contributed by atoms with E-state index in [9.17, 15) is 0 Å². The molecule has 2 heterocycles. The lowest BCUT2D eigenvalue weighted by Gasteiger charge is -2.49. The standard InChI is InChI=1S/C10H17NO/c1-10(2)7-12-9(10)8-5-4-6-11(8)3/h4,6,8-9H,5,7H2,1-3H3. The van der Waals surface area contributed by atoms with Crippen molar-refractivity contribution in [2.75, 3.05) is 13.7 Å². The van der Waals surface area contributed by atoms with Gasteiger partial charge >= 0.3 is 0 Å². The van der Waals surface area contributed by atoms with E-state index in [1.165, 1.54) is 0 Å². The lowest BCUT2D eigenvalue weighted by Crippen LogP contribution is -2.56. The van der Waals surface area contributed by atoms with Crippen molar-refractivity contribution in [2.24, 2.45) is 5.41 Å². The Kier molecular flexibility index (Phi) is 1.69. The van der Waals surface area contributed by atoms with Gasteiger partial charge in [0.05, 0.1) is 18.8 Å². The van der Waals surface area contributed by atoms with Gasteiger partial charge in [0.1, 0.15) is 0 Å². The van der Waals surface area contributed by atoms with Crippen molar-refractivity contribution < 1.29 is 4.74 Å². The number of ether oxygens (including phenoxy) is 1. The first-order valence-electron chi connectivity index (χ1n) is 4.61. The van der Waals surface area contributed by atoms with Crippen LogP contribution in [0, 0.1) is 5.41 Å². The Bertz CT molecular complexity index is 210. The van der Waals surface area contributed by atoms with E-state index in [1.54, 1.807) is 0 Å². The molecule has 2 atom stereocenters. The minimum Gasteiger partial charge on any atom is -0.375 e. The summed E-state index contributed by atoms with van der Waals surface area (Å²) in [7, 11) is 2.13. The lowest BCUT2D eigenvalue weighted by atomic mass is 9.78. The summed E-state index contributed by atoms with van der Waals surface area (Å²) in [4.78, 5) is 2.27. The van der Waals surface area contributed by atoms with E-state index >= 15 is 0 Å². The maximum Gasteiger partial charge on any atom is 0.0853 e. The predicted octanol–water partition coefficient (Wildman–Crippen LogP) is 1.63. The fraction of sp³-hybridized carbons (Fsp3) is 0.800. The van der Waals surface area contributed by atoms with Gasteiger partial charge in [-0.3, -0.25) is 0 Å². The predicted molar refractivity (Wildman–Crippen MR) is 48.8 cm³/mol. The molecule has 0 amide bonds. The van der Waals surface area contributed by atoms with E-state index in [1.807, 2.05) is 0 Å². The molecule has 0 saturated carbocycles. The Hall–Kier alpha value is -0.500. The van der Waals surface area contributed by atoms with Gasteiger partial charge in [-0.1, -0.05) is 19.9 Å². The highest BCUT2D eigenvalue weighted by Gasteiger charge is 2.46. The maximum absolute atomic E-state index is 5.62. The largest absolute Gasteiger partial charge is 0.375 e. The number of nitrogens with zero attached hydrogens (tertiary/aromatic N) is 1. The molecule has 68 valence electrons. The van der Waals surface area contributed by atoms with Crippen molar-refractivity contribution in [1.29, 1.82) is 0 Å². The zero-order chi connectivity index (χ0) is 8.77. The topological polar surface area (TPSA) is 12.5 Å². The third-order valence-corrected chi connectivity index (χ3v) is 3.00. The van der Waals surface area contributed by atoms with Gasteiger partial charge in [-0.25, -0.2) is 0 Å². The Morgan fingerprint density at radius 1 is 1.50 bits per heavy atom. The Morgan fingerprint density at radius 2 is 2.25 bits per heavy atom. The second-order valence-electron chi connectivity index (χ2n) is 4.57. The molecule has 2 aliphatic rings. The number of likely N-dealkylation sites (N-methyl/N-ethyl adjacent to an activating group) is 1. The van der Waals surface area contributed by atoms with Crippen LogP contribution < -0.4 is 0 Å².